The Morgan fingerprint density at radius 3 is 2.69 bits per heavy atom. The van der Waals surface area contributed by atoms with Gasteiger partial charge in [0, 0.05) is 37.9 Å². The molecule has 0 bridgehead atoms. The van der Waals surface area contributed by atoms with Gasteiger partial charge < -0.3 is 9.88 Å². The van der Waals surface area contributed by atoms with Crippen LogP contribution in [-0.4, -0.2) is 47.0 Å². The highest BCUT2D eigenvalue weighted by Gasteiger charge is 2.30. The number of carbonyl (C=O) groups is 1. The molecule has 158 valence electrons. The molecule has 1 N–H and O–H groups in total. The SMILES string of the molecule is CCCCS(=O)(=O)N1CCC(C(=O)NCc2ccc(-n3ccnc3)c(F)c2)CC1. The molecule has 7 nitrogen and oxygen atoms in total. The number of halogens is 1. The van der Waals surface area contributed by atoms with Crippen LogP contribution in [0.3, 0.4) is 0 Å². The molecule has 0 aliphatic carbocycles. The van der Waals surface area contributed by atoms with Crippen LogP contribution >= 0.6 is 0 Å². The summed E-state index contributed by atoms with van der Waals surface area (Å²) in [7, 11) is -3.22. The Morgan fingerprint density at radius 1 is 1.31 bits per heavy atom. The van der Waals surface area contributed by atoms with Crippen molar-refractivity contribution >= 4 is 15.9 Å². The summed E-state index contributed by atoms with van der Waals surface area (Å²) in [6.45, 7) is 2.94. The van der Waals surface area contributed by atoms with Crippen LogP contribution in [0.2, 0.25) is 0 Å². The second-order valence-corrected chi connectivity index (χ2v) is 9.40. The first-order valence-corrected chi connectivity index (χ1v) is 11.5. The molecule has 1 amide bonds. The summed E-state index contributed by atoms with van der Waals surface area (Å²) in [6, 6.07) is 4.82. The van der Waals surface area contributed by atoms with Crippen LogP contribution in [0.5, 0.6) is 0 Å². The number of rotatable bonds is 8. The number of piperidine rings is 1. The van der Waals surface area contributed by atoms with E-state index in [9.17, 15) is 17.6 Å². The van der Waals surface area contributed by atoms with Gasteiger partial charge in [-0.3, -0.25) is 4.79 Å². The maximum atomic E-state index is 14.3. The van der Waals surface area contributed by atoms with Crippen LogP contribution in [0, 0.1) is 11.7 Å². The molecule has 1 aliphatic heterocycles. The summed E-state index contributed by atoms with van der Waals surface area (Å²) in [5, 5.41) is 2.85. The van der Waals surface area contributed by atoms with Crippen LogP contribution in [0.25, 0.3) is 5.69 Å². The number of unbranched alkanes of at least 4 members (excludes halogenated alkanes) is 1. The largest absolute Gasteiger partial charge is 0.352 e. The van der Waals surface area contributed by atoms with Gasteiger partial charge in [-0.05, 0) is 37.0 Å². The Bertz CT molecular complexity index is 923. The highest BCUT2D eigenvalue weighted by molar-refractivity contribution is 7.89. The third-order valence-corrected chi connectivity index (χ3v) is 7.19. The zero-order valence-corrected chi connectivity index (χ0v) is 17.4. The highest BCUT2D eigenvalue weighted by atomic mass is 32.2. The molecule has 2 aromatic rings. The molecule has 3 rings (SSSR count). The Balaban J connectivity index is 1.50. The summed E-state index contributed by atoms with van der Waals surface area (Å²) >= 11 is 0. The van der Waals surface area contributed by atoms with Crippen molar-refractivity contribution in [2.75, 3.05) is 18.8 Å². The third kappa shape index (κ3) is 5.42. The van der Waals surface area contributed by atoms with Crippen molar-refractivity contribution in [1.29, 1.82) is 0 Å². The van der Waals surface area contributed by atoms with Crippen molar-refractivity contribution in [3.63, 3.8) is 0 Å². The van der Waals surface area contributed by atoms with E-state index in [-0.39, 0.29) is 29.9 Å². The first kappa shape index (κ1) is 21.4. The van der Waals surface area contributed by atoms with Crippen molar-refractivity contribution in [2.45, 2.75) is 39.2 Å². The van der Waals surface area contributed by atoms with E-state index >= 15 is 0 Å². The summed E-state index contributed by atoms with van der Waals surface area (Å²) in [5.74, 6) is -0.557. The van der Waals surface area contributed by atoms with Crippen molar-refractivity contribution in [3.05, 3.63) is 48.3 Å². The van der Waals surface area contributed by atoms with E-state index in [2.05, 4.69) is 10.3 Å². The molecule has 29 heavy (non-hydrogen) atoms. The predicted molar refractivity (Wildman–Crippen MR) is 108 cm³/mol. The average Bonchev–Trinajstić information content (AvgIpc) is 3.25. The van der Waals surface area contributed by atoms with E-state index in [1.807, 2.05) is 6.92 Å². The van der Waals surface area contributed by atoms with Crippen LogP contribution < -0.4 is 5.32 Å². The maximum Gasteiger partial charge on any atom is 0.223 e. The predicted octanol–water partition coefficient (Wildman–Crippen LogP) is 2.47. The zero-order valence-electron chi connectivity index (χ0n) is 16.6. The highest BCUT2D eigenvalue weighted by Crippen LogP contribution is 2.21. The van der Waals surface area contributed by atoms with Crippen molar-refractivity contribution in [2.24, 2.45) is 5.92 Å². The first-order valence-electron chi connectivity index (χ1n) is 9.93. The molecule has 1 fully saturated rings. The number of benzene rings is 1. The third-order valence-electron chi connectivity index (χ3n) is 5.24. The van der Waals surface area contributed by atoms with Crippen molar-refractivity contribution < 1.29 is 17.6 Å². The number of imidazole rings is 1. The van der Waals surface area contributed by atoms with E-state index < -0.39 is 10.0 Å². The van der Waals surface area contributed by atoms with Gasteiger partial charge >= 0.3 is 0 Å². The van der Waals surface area contributed by atoms with E-state index in [1.54, 1.807) is 29.1 Å². The zero-order chi connectivity index (χ0) is 20.9. The van der Waals surface area contributed by atoms with Gasteiger partial charge in [-0.15, -0.1) is 0 Å². The van der Waals surface area contributed by atoms with Crippen LogP contribution in [0.1, 0.15) is 38.2 Å². The van der Waals surface area contributed by atoms with Gasteiger partial charge in [-0.2, -0.15) is 0 Å². The van der Waals surface area contributed by atoms with Crippen LogP contribution in [0.15, 0.2) is 36.9 Å². The Morgan fingerprint density at radius 2 is 2.07 bits per heavy atom. The fourth-order valence-electron chi connectivity index (χ4n) is 3.46. The lowest BCUT2D eigenvalue weighted by Gasteiger charge is -2.30. The number of hydrogen-bond acceptors (Lipinski definition) is 4. The average molecular weight is 423 g/mol. The van der Waals surface area contributed by atoms with Gasteiger partial charge in [0.15, 0.2) is 0 Å². The molecule has 2 heterocycles. The minimum Gasteiger partial charge on any atom is -0.352 e. The Kier molecular flexibility index (Phi) is 7.02. The standard InChI is InChI=1S/C20H27FN4O3S/c1-2-3-12-29(27,28)25-9-6-17(7-10-25)20(26)23-14-16-4-5-19(18(21)13-16)24-11-8-22-15-24/h4-5,8,11,13,15,17H,2-3,6-7,9-10,12,14H2,1H3,(H,23,26). The summed E-state index contributed by atoms with van der Waals surface area (Å²) in [6.07, 6.45) is 7.26. The maximum absolute atomic E-state index is 14.3. The van der Waals surface area contributed by atoms with E-state index in [4.69, 9.17) is 0 Å². The second-order valence-electron chi connectivity index (χ2n) is 7.32. The Hall–Kier alpha value is -2.26. The number of nitrogens with zero attached hydrogens (tertiary/aromatic N) is 3. The molecule has 1 aromatic heterocycles. The molecule has 0 unspecified atom stereocenters. The van der Waals surface area contributed by atoms with Gasteiger partial charge in [-0.1, -0.05) is 19.4 Å². The van der Waals surface area contributed by atoms with E-state index in [1.165, 1.54) is 16.7 Å². The number of hydrogen-bond donors (Lipinski definition) is 1. The minimum absolute atomic E-state index is 0.116. The van der Waals surface area contributed by atoms with Gasteiger partial charge in [0.25, 0.3) is 0 Å². The van der Waals surface area contributed by atoms with Gasteiger partial charge in [0.1, 0.15) is 5.82 Å². The molecule has 0 saturated carbocycles. The number of sulfonamides is 1. The number of aromatic nitrogens is 2. The fourth-order valence-corrected chi connectivity index (χ4v) is 5.14. The van der Waals surface area contributed by atoms with Gasteiger partial charge in [0.05, 0.1) is 17.8 Å². The topological polar surface area (TPSA) is 84.3 Å². The summed E-state index contributed by atoms with van der Waals surface area (Å²) < 4.78 is 41.9. The molecule has 0 spiro atoms. The lowest BCUT2D eigenvalue weighted by Crippen LogP contribution is -2.43. The summed E-state index contributed by atoms with van der Waals surface area (Å²) in [5.41, 5.74) is 1.06. The molecule has 0 radical (unpaired) electrons. The van der Waals surface area contributed by atoms with Gasteiger partial charge in [-0.25, -0.2) is 22.1 Å². The smallest absolute Gasteiger partial charge is 0.223 e. The van der Waals surface area contributed by atoms with E-state index in [0.717, 1.165) is 6.42 Å². The molecule has 1 aliphatic rings. The molecule has 1 aromatic carbocycles. The summed E-state index contributed by atoms with van der Waals surface area (Å²) in [4.78, 5) is 16.4. The normalized spacial score (nSPS) is 16.1. The van der Waals surface area contributed by atoms with E-state index in [0.29, 0.717) is 43.6 Å². The lowest BCUT2D eigenvalue weighted by atomic mass is 9.97. The van der Waals surface area contributed by atoms with Crippen molar-refractivity contribution in [1.82, 2.24) is 19.2 Å². The number of nitrogens with one attached hydrogen (secondary N) is 1. The monoisotopic (exact) mass is 422 g/mol. The fraction of sp³-hybridized carbons (Fsp3) is 0.500. The molecule has 1 saturated heterocycles. The van der Waals surface area contributed by atoms with Crippen LogP contribution in [0.4, 0.5) is 4.39 Å². The molecule has 9 heteroatoms. The lowest BCUT2D eigenvalue weighted by molar-refractivity contribution is -0.126. The quantitative estimate of drug-likeness (QED) is 0.708. The molecular formula is C20H27FN4O3S. The Labute approximate surface area is 171 Å². The van der Waals surface area contributed by atoms with Gasteiger partial charge in [0.2, 0.25) is 15.9 Å². The minimum atomic E-state index is -3.22. The van der Waals surface area contributed by atoms with Crippen molar-refractivity contribution in [3.8, 4) is 5.69 Å². The first-order chi connectivity index (χ1) is 13.9. The molecular weight excluding hydrogens is 395 g/mol. The number of amides is 1. The van der Waals surface area contributed by atoms with Crippen LogP contribution in [-0.2, 0) is 21.4 Å². The second kappa shape index (κ2) is 9.49. The molecule has 0 atom stereocenters. The number of carbonyl (C=O) groups excluding carboxylic acids is 1.